The Bertz CT molecular complexity index is 204. The van der Waals surface area contributed by atoms with Gasteiger partial charge >= 0.3 is 5.97 Å². The lowest BCUT2D eigenvalue weighted by Crippen LogP contribution is -2.35. The third-order valence-electron chi connectivity index (χ3n) is 1.47. The van der Waals surface area contributed by atoms with Crippen molar-refractivity contribution < 1.29 is 14.3 Å². The molecular weight excluding hydrogens is 184 g/mol. The minimum atomic E-state index is -0.387. The van der Waals surface area contributed by atoms with Crippen molar-refractivity contribution in [3.63, 3.8) is 0 Å². The lowest BCUT2D eigenvalue weighted by atomic mass is 10.2. The van der Waals surface area contributed by atoms with Crippen molar-refractivity contribution in [2.75, 3.05) is 6.54 Å². The zero-order valence-corrected chi connectivity index (χ0v) is 8.87. The second kappa shape index (κ2) is 6.37. The first-order chi connectivity index (χ1) is 6.41. The molecule has 0 saturated heterocycles. The van der Waals surface area contributed by atoms with Crippen LogP contribution in [0.1, 0.15) is 27.2 Å². The molecule has 5 nitrogen and oxygen atoms in total. The summed E-state index contributed by atoms with van der Waals surface area (Å²) in [6, 6.07) is -0.104. The fourth-order valence-corrected chi connectivity index (χ4v) is 0.936. The summed E-state index contributed by atoms with van der Waals surface area (Å²) in [5.41, 5.74) is 4.99. The SMILES string of the molecule is CC(CC(N)=O)NCC(=O)OC(C)C. The summed E-state index contributed by atoms with van der Waals surface area (Å²) in [6.07, 6.45) is 0.102. The maximum absolute atomic E-state index is 11.0. The number of hydrogen-bond acceptors (Lipinski definition) is 4. The molecule has 1 unspecified atom stereocenters. The minimum absolute atomic E-state index is 0.104. The Hall–Kier alpha value is -1.10. The largest absolute Gasteiger partial charge is 0.462 e. The van der Waals surface area contributed by atoms with E-state index in [-0.39, 0.29) is 37.0 Å². The molecule has 1 amide bonds. The molecule has 82 valence electrons. The van der Waals surface area contributed by atoms with E-state index in [2.05, 4.69) is 5.32 Å². The Labute approximate surface area is 84.0 Å². The highest BCUT2D eigenvalue weighted by molar-refractivity contribution is 5.75. The zero-order valence-electron chi connectivity index (χ0n) is 8.87. The third-order valence-corrected chi connectivity index (χ3v) is 1.47. The number of nitrogens with two attached hydrogens (primary N) is 1. The molecule has 0 spiro atoms. The highest BCUT2D eigenvalue weighted by Gasteiger charge is 2.09. The van der Waals surface area contributed by atoms with Crippen molar-refractivity contribution >= 4 is 11.9 Å². The lowest BCUT2D eigenvalue weighted by Gasteiger charge is -2.12. The number of ether oxygens (including phenoxy) is 1. The molecule has 0 fully saturated rings. The fourth-order valence-electron chi connectivity index (χ4n) is 0.936. The van der Waals surface area contributed by atoms with Gasteiger partial charge in [-0.1, -0.05) is 0 Å². The predicted octanol–water partition coefficient (Wildman–Crippen LogP) is -0.208. The summed E-state index contributed by atoms with van der Waals surface area (Å²) in [5.74, 6) is -0.710. The van der Waals surface area contributed by atoms with Gasteiger partial charge in [0.25, 0.3) is 0 Å². The first-order valence-corrected chi connectivity index (χ1v) is 4.63. The molecule has 0 aliphatic carbocycles. The van der Waals surface area contributed by atoms with E-state index in [1.165, 1.54) is 0 Å². The van der Waals surface area contributed by atoms with E-state index in [9.17, 15) is 9.59 Å². The third kappa shape index (κ3) is 7.54. The number of primary amides is 1. The number of hydrogen-bond donors (Lipinski definition) is 2. The molecule has 0 aromatic carbocycles. The predicted molar refractivity (Wildman–Crippen MR) is 52.5 cm³/mol. The molecule has 0 bridgehead atoms. The van der Waals surface area contributed by atoms with Gasteiger partial charge in [0.2, 0.25) is 5.91 Å². The van der Waals surface area contributed by atoms with Crippen LogP contribution in [0.3, 0.4) is 0 Å². The van der Waals surface area contributed by atoms with Crippen LogP contribution < -0.4 is 11.1 Å². The molecule has 0 radical (unpaired) electrons. The van der Waals surface area contributed by atoms with Crippen LogP contribution in [0.4, 0.5) is 0 Å². The first kappa shape index (κ1) is 12.9. The van der Waals surface area contributed by atoms with Crippen molar-refractivity contribution in [3.05, 3.63) is 0 Å². The molecule has 0 rings (SSSR count). The van der Waals surface area contributed by atoms with E-state index >= 15 is 0 Å². The molecule has 0 aromatic heterocycles. The molecule has 1 atom stereocenters. The molecule has 0 saturated carbocycles. The summed E-state index contributed by atoms with van der Waals surface area (Å²) in [4.78, 5) is 21.5. The van der Waals surface area contributed by atoms with Gasteiger partial charge in [-0.2, -0.15) is 0 Å². The summed E-state index contributed by atoms with van der Waals surface area (Å²) < 4.78 is 4.89. The molecule has 0 aromatic rings. The highest BCUT2D eigenvalue weighted by atomic mass is 16.5. The van der Waals surface area contributed by atoms with Gasteiger partial charge in [-0.15, -0.1) is 0 Å². The number of esters is 1. The number of nitrogens with one attached hydrogen (secondary N) is 1. The zero-order chi connectivity index (χ0) is 11.1. The number of carbonyl (C=O) groups excluding carboxylic acids is 2. The van der Waals surface area contributed by atoms with Gasteiger partial charge in [-0.05, 0) is 20.8 Å². The van der Waals surface area contributed by atoms with Gasteiger partial charge in [-0.25, -0.2) is 0 Å². The van der Waals surface area contributed by atoms with Crippen LogP contribution in [-0.4, -0.2) is 30.6 Å². The Kier molecular flexibility index (Phi) is 5.87. The van der Waals surface area contributed by atoms with Crippen LogP contribution >= 0.6 is 0 Å². The lowest BCUT2D eigenvalue weighted by molar-refractivity contribution is -0.146. The van der Waals surface area contributed by atoms with Crippen LogP contribution in [-0.2, 0) is 14.3 Å². The van der Waals surface area contributed by atoms with Gasteiger partial charge in [0.05, 0.1) is 12.6 Å². The van der Waals surface area contributed by atoms with Crippen molar-refractivity contribution in [2.24, 2.45) is 5.73 Å². The van der Waals surface area contributed by atoms with Crippen molar-refractivity contribution in [1.29, 1.82) is 0 Å². The summed E-state index contributed by atoms with van der Waals surface area (Å²) in [6.45, 7) is 5.45. The van der Waals surface area contributed by atoms with E-state index in [4.69, 9.17) is 10.5 Å². The monoisotopic (exact) mass is 202 g/mol. The van der Waals surface area contributed by atoms with Crippen LogP contribution in [0, 0.1) is 0 Å². The van der Waals surface area contributed by atoms with Crippen molar-refractivity contribution in [1.82, 2.24) is 5.32 Å². The maximum atomic E-state index is 11.0. The van der Waals surface area contributed by atoms with Crippen molar-refractivity contribution in [2.45, 2.75) is 39.3 Å². The molecule has 0 aliphatic heterocycles. The average Bonchev–Trinajstić information content (AvgIpc) is 1.98. The molecule has 5 heteroatoms. The Morgan fingerprint density at radius 1 is 1.36 bits per heavy atom. The standard InChI is InChI=1S/C9H18N2O3/c1-6(2)14-9(13)5-11-7(3)4-8(10)12/h6-7,11H,4-5H2,1-3H3,(H2,10,12). The van der Waals surface area contributed by atoms with Crippen molar-refractivity contribution in [3.8, 4) is 0 Å². The summed E-state index contributed by atoms with van der Waals surface area (Å²) in [7, 11) is 0. The number of carbonyl (C=O) groups is 2. The molecular formula is C9H18N2O3. The van der Waals surface area contributed by atoms with Gasteiger partial charge in [-0.3, -0.25) is 9.59 Å². The normalized spacial score (nSPS) is 12.6. The van der Waals surface area contributed by atoms with Gasteiger partial charge < -0.3 is 15.8 Å². The topological polar surface area (TPSA) is 81.4 Å². The minimum Gasteiger partial charge on any atom is -0.462 e. The van der Waals surface area contributed by atoms with Crippen LogP contribution in [0.5, 0.6) is 0 Å². The van der Waals surface area contributed by atoms with E-state index in [0.29, 0.717) is 0 Å². The Balaban J connectivity index is 3.61. The van der Waals surface area contributed by atoms with E-state index < -0.39 is 0 Å². The van der Waals surface area contributed by atoms with Gasteiger partial charge in [0, 0.05) is 12.5 Å². The Morgan fingerprint density at radius 3 is 2.36 bits per heavy atom. The molecule has 0 aliphatic rings. The van der Waals surface area contributed by atoms with Crippen LogP contribution in [0.15, 0.2) is 0 Å². The molecule has 3 N–H and O–H groups in total. The fraction of sp³-hybridized carbons (Fsp3) is 0.778. The second-order valence-electron chi connectivity index (χ2n) is 3.49. The van der Waals surface area contributed by atoms with E-state index in [0.717, 1.165) is 0 Å². The quantitative estimate of drug-likeness (QED) is 0.584. The molecule has 0 heterocycles. The second-order valence-corrected chi connectivity index (χ2v) is 3.49. The van der Waals surface area contributed by atoms with E-state index in [1.54, 1.807) is 20.8 Å². The smallest absolute Gasteiger partial charge is 0.320 e. The summed E-state index contributed by atoms with van der Waals surface area (Å²) >= 11 is 0. The molecule has 14 heavy (non-hydrogen) atoms. The van der Waals surface area contributed by atoms with Crippen LogP contribution in [0.2, 0.25) is 0 Å². The highest BCUT2D eigenvalue weighted by Crippen LogP contribution is 1.91. The number of amides is 1. The van der Waals surface area contributed by atoms with Crippen LogP contribution in [0.25, 0.3) is 0 Å². The number of rotatable bonds is 6. The van der Waals surface area contributed by atoms with Gasteiger partial charge in [0.1, 0.15) is 0 Å². The first-order valence-electron chi connectivity index (χ1n) is 4.63. The van der Waals surface area contributed by atoms with E-state index in [1.807, 2.05) is 0 Å². The summed E-state index contributed by atoms with van der Waals surface area (Å²) in [5, 5.41) is 2.84. The maximum Gasteiger partial charge on any atom is 0.320 e. The van der Waals surface area contributed by atoms with Gasteiger partial charge in [0.15, 0.2) is 0 Å². The Morgan fingerprint density at radius 2 is 1.93 bits per heavy atom. The average molecular weight is 202 g/mol.